The van der Waals surface area contributed by atoms with Gasteiger partial charge in [0, 0.05) is 6.20 Å². The lowest BCUT2D eigenvalue weighted by Crippen LogP contribution is -1.87. The van der Waals surface area contributed by atoms with Crippen molar-refractivity contribution in [2.75, 3.05) is 0 Å². The minimum absolute atomic E-state index is 0.269. The van der Waals surface area contributed by atoms with Crippen LogP contribution in [0, 0.1) is 0 Å². The first kappa shape index (κ1) is 13.8. The maximum atomic E-state index is 6.11. The number of nitrogens with zero attached hydrogens (tertiary/aromatic N) is 4. The van der Waals surface area contributed by atoms with Gasteiger partial charge in [-0.1, -0.05) is 43.6 Å². The van der Waals surface area contributed by atoms with E-state index in [1.165, 1.54) is 0 Å². The molecule has 0 aliphatic carbocycles. The van der Waals surface area contributed by atoms with Crippen LogP contribution >= 0.6 is 11.6 Å². The number of rotatable bonds is 3. The molecule has 4 nitrogen and oxygen atoms in total. The summed E-state index contributed by atoms with van der Waals surface area (Å²) in [7, 11) is 0. The fraction of sp³-hybridized carbons (Fsp3) is 0.188. The van der Waals surface area contributed by atoms with Gasteiger partial charge >= 0.3 is 0 Å². The third-order valence-electron chi connectivity index (χ3n) is 3.18. The second kappa shape index (κ2) is 5.66. The predicted molar refractivity (Wildman–Crippen MR) is 84.9 cm³/mol. The SMILES string of the molecule is CC(C)c1nc2ccccn2c1N=Nc1ccccc1Cl. The molecule has 0 N–H and O–H groups in total. The van der Waals surface area contributed by atoms with Crippen molar-refractivity contribution >= 4 is 28.8 Å². The van der Waals surface area contributed by atoms with Gasteiger partial charge in [0.25, 0.3) is 0 Å². The van der Waals surface area contributed by atoms with E-state index in [1.54, 1.807) is 6.07 Å². The van der Waals surface area contributed by atoms with E-state index in [2.05, 4.69) is 29.1 Å². The Kier molecular flexibility index (Phi) is 3.71. The predicted octanol–water partition coefficient (Wildman–Crippen LogP) is 5.53. The van der Waals surface area contributed by atoms with Crippen LogP contribution in [0.2, 0.25) is 5.02 Å². The Morgan fingerprint density at radius 2 is 1.81 bits per heavy atom. The smallest absolute Gasteiger partial charge is 0.183 e. The third kappa shape index (κ3) is 2.67. The molecule has 0 atom stereocenters. The molecule has 0 unspecified atom stereocenters. The van der Waals surface area contributed by atoms with Crippen molar-refractivity contribution in [1.29, 1.82) is 0 Å². The molecule has 0 fully saturated rings. The summed E-state index contributed by atoms with van der Waals surface area (Å²) in [4.78, 5) is 4.62. The molecule has 0 aliphatic heterocycles. The number of imidazole rings is 1. The maximum Gasteiger partial charge on any atom is 0.183 e. The highest BCUT2D eigenvalue weighted by Gasteiger charge is 2.14. The quantitative estimate of drug-likeness (QED) is 0.586. The number of aromatic nitrogens is 2. The Morgan fingerprint density at radius 3 is 2.57 bits per heavy atom. The van der Waals surface area contributed by atoms with Crippen LogP contribution in [0.4, 0.5) is 11.5 Å². The van der Waals surface area contributed by atoms with Gasteiger partial charge in [0.05, 0.1) is 10.7 Å². The molecule has 1 aromatic carbocycles. The molecule has 0 radical (unpaired) electrons. The third-order valence-corrected chi connectivity index (χ3v) is 3.50. The summed E-state index contributed by atoms with van der Waals surface area (Å²) in [6.45, 7) is 4.19. The fourth-order valence-electron chi connectivity index (χ4n) is 2.12. The van der Waals surface area contributed by atoms with E-state index in [1.807, 2.05) is 47.0 Å². The zero-order valence-corrected chi connectivity index (χ0v) is 12.6. The van der Waals surface area contributed by atoms with Gasteiger partial charge in [0.2, 0.25) is 0 Å². The van der Waals surface area contributed by atoms with Gasteiger partial charge in [-0.15, -0.1) is 10.2 Å². The molecule has 0 bridgehead atoms. The van der Waals surface area contributed by atoms with Crippen molar-refractivity contribution in [3.8, 4) is 0 Å². The molecule has 0 saturated carbocycles. The van der Waals surface area contributed by atoms with E-state index < -0.39 is 0 Å². The Morgan fingerprint density at radius 1 is 1.05 bits per heavy atom. The van der Waals surface area contributed by atoms with Crippen molar-refractivity contribution < 1.29 is 0 Å². The van der Waals surface area contributed by atoms with E-state index >= 15 is 0 Å². The van der Waals surface area contributed by atoms with Crippen LogP contribution in [0.3, 0.4) is 0 Å². The number of fused-ring (bicyclic) bond motifs is 1. The van der Waals surface area contributed by atoms with Crippen LogP contribution in [-0.4, -0.2) is 9.38 Å². The average Bonchev–Trinajstić information content (AvgIpc) is 2.85. The number of azo groups is 1. The van der Waals surface area contributed by atoms with Crippen molar-refractivity contribution in [2.45, 2.75) is 19.8 Å². The molecule has 3 aromatic rings. The first-order chi connectivity index (χ1) is 10.2. The van der Waals surface area contributed by atoms with E-state index in [0.29, 0.717) is 10.7 Å². The molecular formula is C16H15ClN4. The molecule has 2 aromatic heterocycles. The number of hydrogen-bond donors (Lipinski definition) is 0. The summed E-state index contributed by atoms with van der Waals surface area (Å²) in [5, 5.41) is 9.25. The highest BCUT2D eigenvalue weighted by Crippen LogP contribution is 2.31. The standard InChI is InChI=1S/C16H15ClN4/c1-11(2)15-16(21-10-6-5-9-14(21)18-15)20-19-13-8-4-3-7-12(13)17/h3-11H,1-2H3. The molecule has 0 saturated heterocycles. The van der Waals surface area contributed by atoms with E-state index in [0.717, 1.165) is 17.2 Å². The summed E-state index contributed by atoms with van der Waals surface area (Å²) in [5.41, 5.74) is 2.45. The highest BCUT2D eigenvalue weighted by atomic mass is 35.5. The molecule has 2 heterocycles. The van der Waals surface area contributed by atoms with E-state index in [4.69, 9.17) is 11.6 Å². The van der Waals surface area contributed by atoms with Crippen LogP contribution < -0.4 is 0 Å². The second-order valence-electron chi connectivity index (χ2n) is 5.06. The van der Waals surface area contributed by atoms with E-state index in [-0.39, 0.29) is 5.92 Å². The number of hydrogen-bond acceptors (Lipinski definition) is 3. The number of pyridine rings is 1. The van der Waals surface area contributed by atoms with Crippen molar-refractivity contribution in [2.24, 2.45) is 10.2 Å². The molecular weight excluding hydrogens is 284 g/mol. The van der Waals surface area contributed by atoms with Crippen molar-refractivity contribution in [1.82, 2.24) is 9.38 Å². The molecule has 21 heavy (non-hydrogen) atoms. The fourth-order valence-corrected chi connectivity index (χ4v) is 2.30. The molecule has 0 aliphatic rings. The molecule has 0 amide bonds. The van der Waals surface area contributed by atoms with Gasteiger partial charge < -0.3 is 0 Å². The first-order valence-corrected chi connectivity index (χ1v) is 7.18. The second-order valence-corrected chi connectivity index (χ2v) is 5.46. The van der Waals surface area contributed by atoms with Crippen LogP contribution in [-0.2, 0) is 0 Å². The minimum atomic E-state index is 0.269. The summed E-state index contributed by atoms with van der Waals surface area (Å²) in [6, 6.07) is 13.3. The zero-order valence-electron chi connectivity index (χ0n) is 11.9. The van der Waals surface area contributed by atoms with Crippen LogP contribution in [0.15, 0.2) is 58.9 Å². The molecule has 0 spiro atoms. The number of benzene rings is 1. The summed E-state index contributed by atoms with van der Waals surface area (Å²) >= 11 is 6.11. The van der Waals surface area contributed by atoms with Crippen LogP contribution in [0.5, 0.6) is 0 Å². The zero-order chi connectivity index (χ0) is 14.8. The van der Waals surface area contributed by atoms with Gasteiger partial charge in [0.1, 0.15) is 11.3 Å². The van der Waals surface area contributed by atoms with Gasteiger partial charge in [-0.05, 0) is 30.2 Å². The topological polar surface area (TPSA) is 42.0 Å². The highest BCUT2D eigenvalue weighted by molar-refractivity contribution is 6.32. The van der Waals surface area contributed by atoms with E-state index in [9.17, 15) is 0 Å². The largest absolute Gasteiger partial charge is 0.283 e. The lowest BCUT2D eigenvalue weighted by atomic mass is 10.1. The Labute approximate surface area is 128 Å². The lowest BCUT2D eigenvalue weighted by Gasteiger charge is -2.01. The van der Waals surface area contributed by atoms with Gasteiger partial charge in [0.15, 0.2) is 5.82 Å². The monoisotopic (exact) mass is 298 g/mol. The minimum Gasteiger partial charge on any atom is -0.283 e. The Hall–Kier alpha value is -2.20. The maximum absolute atomic E-state index is 6.11. The van der Waals surface area contributed by atoms with Gasteiger partial charge in [-0.3, -0.25) is 4.40 Å². The first-order valence-electron chi connectivity index (χ1n) is 6.80. The molecule has 3 rings (SSSR count). The summed E-state index contributed by atoms with van der Waals surface area (Å²) < 4.78 is 1.94. The van der Waals surface area contributed by atoms with Crippen molar-refractivity contribution in [3.63, 3.8) is 0 Å². The Balaban J connectivity index is 2.11. The number of halogens is 1. The Bertz CT molecular complexity index is 805. The molecule has 5 heteroatoms. The van der Waals surface area contributed by atoms with Gasteiger partial charge in [-0.25, -0.2) is 4.98 Å². The average molecular weight is 299 g/mol. The normalized spacial score (nSPS) is 11.8. The molecule has 106 valence electrons. The van der Waals surface area contributed by atoms with Crippen LogP contribution in [0.25, 0.3) is 5.65 Å². The van der Waals surface area contributed by atoms with Crippen LogP contribution in [0.1, 0.15) is 25.5 Å². The van der Waals surface area contributed by atoms with Crippen molar-refractivity contribution in [3.05, 3.63) is 59.4 Å². The summed E-state index contributed by atoms with van der Waals surface area (Å²) in [6.07, 6.45) is 1.94. The summed E-state index contributed by atoms with van der Waals surface area (Å²) in [5.74, 6) is 1.02. The van der Waals surface area contributed by atoms with Gasteiger partial charge in [-0.2, -0.15) is 0 Å². The lowest BCUT2D eigenvalue weighted by molar-refractivity contribution is 0.831.